The second kappa shape index (κ2) is 7.22. The molecule has 0 bridgehead atoms. The number of nitrogens with zero attached hydrogens (tertiary/aromatic N) is 3. The van der Waals surface area contributed by atoms with Gasteiger partial charge in [-0.2, -0.15) is 11.8 Å². The lowest BCUT2D eigenvalue weighted by atomic mass is 10.0. The van der Waals surface area contributed by atoms with E-state index in [1.54, 1.807) is 13.1 Å². The van der Waals surface area contributed by atoms with Crippen molar-refractivity contribution in [2.45, 2.75) is 32.7 Å². The predicted molar refractivity (Wildman–Crippen MR) is 84.8 cm³/mol. The average molecular weight is 309 g/mol. The molecule has 1 aliphatic rings. The van der Waals surface area contributed by atoms with E-state index in [1.807, 2.05) is 25.6 Å². The second-order valence-electron chi connectivity index (χ2n) is 5.47. The van der Waals surface area contributed by atoms with Crippen molar-refractivity contribution in [3.8, 4) is 0 Å². The molecule has 0 aliphatic carbocycles. The molecule has 0 N–H and O–H groups in total. The van der Waals surface area contributed by atoms with Gasteiger partial charge in [0.2, 0.25) is 0 Å². The van der Waals surface area contributed by atoms with Crippen LogP contribution in [0.15, 0.2) is 6.20 Å². The van der Waals surface area contributed by atoms with E-state index < -0.39 is 0 Å². The fourth-order valence-electron chi connectivity index (χ4n) is 2.33. The van der Waals surface area contributed by atoms with E-state index in [1.165, 1.54) is 0 Å². The molecule has 0 amide bonds. The Hall–Kier alpha value is -1.14. The lowest BCUT2D eigenvalue weighted by Crippen LogP contribution is -2.34. The van der Waals surface area contributed by atoms with Gasteiger partial charge >= 0.3 is 5.97 Å². The highest BCUT2D eigenvalue weighted by Crippen LogP contribution is 2.27. The minimum absolute atomic E-state index is 0.160. The van der Waals surface area contributed by atoms with Crippen molar-refractivity contribution in [3.05, 3.63) is 23.3 Å². The maximum atomic E-state index is 12.0. The highest BCUT2D eigenvalue weighted by molar-refractivity contribution is 7.99. The smallest absolute Gasteiger partial charge is 0.341 e. The number of hydrogen-bond donors (Lipinski definition) is 0. The minimum Gasteiger partial charge on any atom is -0.462 e. The molecule has 6 heteroatoms. The number of thioether (sulfide) groups is 1. The first-order chi connectivity index (χ1) is 10.0. The predicted octanol–water partition coefficient (Wildman–Crippen LogP) is 2.50. The van der Waals surface area contributed by atoms with Crippen LogP contribution in [0.2, 0.25) is 0 Å². The van der Waals surface area contributed by atoms with Gasteiger partial charge in [0.15, 0.2) is 0 Å². The van der Waals surface area contributed by atoms with Crippen LogP contribution in [0, 0.1) is 0 Å². The van der Waals surface area contributed by atoms with Crippen molar-refractivity contribution < 1.29 is 9.53 Å². The van der Waals surface area contributed by atoms with E-state index in [4.69, 9.17) is 4.74 Å². The van der Waals surface area contributed by atoms with Gasteiger partial charge in [0.25, 0.3) is 0 Å². The van der Waals surface area contributed by atoms with Gasteiger partial charge in [-0.1, -0.05) is 13.8 Å². The first kappa shape index (κ1) is 16.2. The number of aromatic nitrogens is 2. The number of ether oxygens (including phenoxy) is 1. The van der Waals surface area contributed by atoms with E-state index in [-0.39, 0.29) is 17.9 Å². The van der Waals surface area contributed by atoms with Crippen LogP contribution in [0.25, 0.3) is 0 Å². The van der Waals surface area contributed by atoms with E-state index in [2.05, 4.69) is 21.9 Å². The Morgan fingerprint density at radius 3 is 2.95 bits per heavy atom. The third kappa shape index (κ3) is 3.74. The largest absolute Gasteiger partial charge is 0.462 e. The van der Waals surface area contributed by atoms with E-state index in [0.29, 0.717) is 12.2 Å². The summed E-state index contributed by atoms with van der Waals surface area (Å²) >= 11 is 1.92. The maximum Gasteiger partial charge on any atom is 0.341 e. The molecule has 21 heavy (non-hydrogen) atoms. The summed E-state index contributed by atoms with van der Waals surface area (Å²) in [5.41, 5.74) is 1.27. The first-order valence-electron chi connectivity index (χ1n) is 7.36. The highest BCUT2D eigenvalue weighted by atomic mass is 32.2. The minimum atomic E-state index is -0.334. The Kier molecular flexibility index (Phi) is 5.58. The number of esters is 1. The zero-order valence-electron chi connectivity index (χ0n) is 13.1. The summed E-state index contributed by atoms with van der Waals surface area (Å²) in [4.78, 5) is 23.4. The van der Waals surface area contributed by atoms with Crippen molar-refractivity contribution in [1.82, 2.24) is 14.9 Å². The van der Waals surface area contributed by atoms with Crippen LogP contribution in [0.3, 0.4) is 0 Å². The molecule has 1 aromatic heterocycles. The van der Waals surface area contributed by atoms with Gasteiger partial charge in [0, 0.05) is 24.2 Å². The summed E-state index contributed by atoms with van der Waals surface area (Å²) in [5.74, 6) is 2.77. The molecule has 1 atom stereocenters. The van der Waals surface area contributed by atoms with Crippen molar-refractivity contribution in [1.29, 1.82) is 0 Å². The van der Waals surface area contributed by atoms with Gasteiger partial charge in [-0.15, -0.1) is 0 Å². The van der Waals surface area contributed by atoms with Gasteiger partial charge in [-0.05, 0) is 19.9 Å². The molecule has 0 spiro atoms. The standard InChI is InChI=1S/C15H23N3O2S/c1-5-20-15(19)11-8-16-14(17-13(11)10(2)3)12-9-21-7-6-18(12)4/h8,10,12H,5-7,9H2,1-4H3. The zero-order chi connectivity index (χ0) is 15.4. The normalized spacial score (nSPS) is 19.8. The summed E-state index contributed by atoms with van der Waals surface area (Å²) in [5, 5.41) is 0. The molecule has 0 aromatic carbocycles. The van der Waals surface area contributed by atoms with Crippen molar-refractivity contribution in [2.24, 2.45) is 0 Å². The summed E-state index contributed by atoms with van der Waals surface area (Å²) in [6, 6.07) is 0.220. The van der Waals surface area contributed by atoms with Crippen molar-refractivity contribution in [3.63, 3.8) is 0 Å². The van der Waals surface area contributed by atoms with Crippen molar-refractivity contribution in [2.75, 3.05) is 31.7 Å². The molecule has 2 heterocycles. The quantitative estimate of drug-likeness (QED) is 0.797. The van der Waals surface area contributed by atoms with E-state index >= 15 is 0 Å². The number of hydrogen-bond acceptors (Lipinski definition) is 6. The Morgan fingerprint density at radius 2 is 2.33 bits per heavy atom. The number of carbonyl (C=O) groups is 1. The van der Waals surface area contributed by atoms with Crippen LogP contribution in [0.4, 0.5) is 0 Å². The molecule has 5 nitrogen and oxygen atoms in total. The lowest BCUT2D eigenvalue weighted by Gasteiger charge is -2.31. The molecule has 1 unspecified atom stereocenters. The van der Waals surface area contributed by atoms with Crippen LogP contribution < -0.4 is 0 Å². The fourth-order valence-corrected chi connectivity index (χ4v) is 3.54. The summed E-state index contributed by atoms with van der Waals surface area (Å²) in [7, 11) is 2.10. The summed E-state index contributed by atoms with van der Waals surface area (Å²) in [6.45, 7) is 7.27. The number of carbonyl (C=O) groups excluding carboxylic acids is 1. The van der Waals surface area contributed by atoms with Gasteiger partial charge in [-0.25, -0.2) is 14.8 Å². The van der Waals surface area contributed by atoms with Crippen LogP contribution >= 0.6 is 11.8 Å². The lowest BCUT2D eigenvalue weighted by molar-refractivity contribution is 0.0523. The molecule has 1 fully saturated rings. The molecule has 0 saturated carbocycles. The molecule has 1 saturated heterocycles. The molecular weight excluding hydrogens is 286 g/mol. The highest BCUT2D eigenvalue weighted by Gasteiger charge is 2.26. The summed E-state index contributed by atoms with van der Waals surface area (Å²) < 4.78 is 5.09. The number of rotatable bonds is 4. The Labute approximate surface area is 130 Å². The van der Waals surface area contributed by atoms with Crippen LogP contribution in [-0.4, -0.2) is 52.5 Å². The molecule has 0 radical (unpaired) electrons. The molecule has 1 aromatic rings. The summed E-state index contributed by atoms with van der Waals surface area (Å²) in [6.07, 6.45) is 1.63. The molecular formula is C15H23N3O2S. The molecule has 2 rings (SSSR count). The van der Waals surface area contributed by atoms with Gasteiger partial charge < -0.3 is 4.74 Å². The molecule has 116 valence electrons. The van der Waals surface area contributed by atoms with Gasteiger partial charge in [-0.3, -0.25) is 4.90 Å². The van der Waals surface area contributed by atoms with E-state index in [9.17, 15) is 4.79 Å². The SMILES string of the molecule is CCOC(=O)c1cnc(C2CSCCN2C)nc1C(C)C. The second-order valence-corrected chi connectivity index (χ2v) is 6.62. The topological polar surface area (TPSA) is 55.3 Å². The monoisotopic (exact) mass is 309 g/mol. The third-order valence-electron chi connectivity index (χ3n) is 3.57. The Balaban J connectivity index is 2.33. The fraction of sp³-hybridized carbons (Fsp3) is 0.667. The van der Waals surface area contributed by atoms with Gasteiger partial charge in [0.1, 0.15) is 5.82 Å². The van der Waals surface area contributed by atoms with Gasteiger partial charge in [0.05, 0.1) is 23.9 Å². The molecule has 1 aliphatic heterocycles. The van der Waals surface area contributed by atoms with Crippen LogP contribution in [-0.2, 0) is 4.74 Å². The van der Waals surface area contributed by atoms with Crippen molar-refractivity contribution >= 4 is 17.7 Å². The van der Waals surface area contributed by atoms with Crippen LogP contribution in [0.5, 0.6) is 0 Å². The first-order valence-corrected chi connectivity index (χ1v) is 8.52. The average Bonchev–Trinajstić information content (AvgIpc) is 2.47. The third-order valence-corrected chi connectivity index (χ3v) is 4.60. The Bertz CT molecular complexity index is 508. The van der Waals surface area contributed by atoms with E-state index in [0.717, 1.165) is 29.6 Å². The zero-order valence-corrected chi connectivity index (χ0v) is 13.9. The Morgan fingerprint density at radius 1 is 1.57 bits per heavy atom. The van der Waals surface area contributed by atoms with Crippen LogP contribution in [0.1, 0.15) is 54.6 Å². The maximum absolute atomic E-state index is 12.0.